The minimum atomic E-state index is -0.276. The van der Waals surface area contributed by atoms with Crippen LogP contribution in [-0.2, 0) is 16.0 Å². The summed E-state index contributed by atoms with van der Waals surface area (Å²) in [6, 6.07) is 19.9. The zero-order valence-corrected chi connectivity index (χ0v) is 22.7. The van der Waals surface area contributed by atoms with Crippen LogP contribution in [0, 0.1) is 0 Å². The number of hydrogen-bond acceptors (Lipinski definition) is 6. The molecular formula is C28H25ClN2O4S2. The van der Waals surface area contributed by atoms with E-state index < -0.39 is 0 Å². The number of rotatable bonds is 9. The van der Waals surface area contributed by atoms with Crippen LogP contribution >= 0.6 is 35.6 Å². The summed E-state index contributed by atoms with van der Waals surface area (Å²) in [7, 11) is 0. The molecule has 1 fully saturated rings. The lowest BCUT2D eigenvalue weighted by Crippen LogP contribution is -2.27. The molecule has 1 saturated heterocycles. The van der Waals surface area contributed by atoms with Crippen molar-refractivity contribution in [1.82, 2.24) is 0 Å². The maximum Gasteiger partial charge on any atom is 0.270 e. The molecule has 1 aliphatic rings. The van der Waals surface area contributed by atoms with Crippen molar-refractivity contribution < 1.29 is 19.1 Å². The van der Waals surface area contributed by atoms with Gasteiger partial charge in [0, 0.05) is 10.7 Å². The van der Waals surface area contributed by atoms with Gasteiger partial charge in [-0.05, 0) is 79.1 Å². The van der Waals surface area contributed by atoms with Crippen LogP contribution in [0.2, 0.25) is 5.02 Å². The van der Waals surface area contributed by atoms with E-state index in [-0.39, 0.29) is 18.4 Å². The summed E-state index contributed by atoms with van der Waals surface area (Å²) in [5.41, 5.74) is 3.31. The predicted molar refractivity (Wildman–Crippen MR) is 155 cm³/mol. The number of halogens is 1. The smallest absolute Gasteiger partial charge is 0.270 e. The summed E-state index contributed by atoms with van der Waals surface area (Å²) in [4.78, 5) is 27.4. The third kappa shape index (κ3) is 6.71. The fourth-order valence-electron chi connectivity index (χ4n) is 3.60. The van der Waals surface area contributed by atoms with E-state index in [1.807, 2.05) is 31.2 Å². The van der Waals surface area contributed by atoms with Crippen molar-refractivity contribution in [2.24, 2.45) is 0 Å². The maximum atomic E-state index is 13.1. The van der Waals surface area contributed by atoms with Crippen LogP contribution in [0.15, 0.2) is 71.6 Å². The number of nitrogens with one attached hydrogen (secondary N) is 1. The van der Waals surface area contributed by atoms with Gasteiger partial charge in [-0.2, -0.15) is 0 Å². The van der Waals surface area contributed by atoms with Crippen molar-refractivity contribution in [2.45, 2.75) is 20.3 Å². The molecule has 9 heteroatoms. The minimum Gasteiger partial charge on any atom is -0.490 e. The van der Waals surface area contributed by atoms with Gasteiger partial charge >= 0.3 is 0 Å². The Morgan fingerprint density at radius 1 is 1.03 bits per heavy atom. The quantitative estimate of drug-likeness (QED) is 0.235. The van der Waals surface area contributed by atoms with E-state index in [1.54, 1.807) is 48.5 Å². The van der Waals surface area contributed by atoms with Gasteiger partial charge in [-0.25, -0.2) is 0 Å². The maximum absolute atomic E-state index is 13.1. The van der Waals surface area contributed by atoms with E-state index in [2.05, 4.69) is 12.2 Å². The van der Waals surface area contributed by atoms with E-state index in [4.69, 9.17) is 33.3 Å². The third-order valence-corrected chi connectivity index (χ3v) is 7.00. The number of hydrogen-bond donors (Lipinski definition) is 1. The van der Waals surface area contributed by atoms with Gasteiger partial charge in [0.1, 0.15) is 0 Å². The summed E-state index contributed by atoms with van der Waals surface area (Å²) in [6.07, 6.45) is 2.69. The van der Waals surface area contributed by atoms with Crippen molar-refractivity contribution in [3.05, 3.63) is 87.8 Å². The average molecular weight is 553 g/mol. The van der Waals surface area contributed by atoms with Gasteiger partial charge in [-0.15, -0.1) is 0 Å². The van der Waals surface area contributed by atoms with Crippen molar-refractivity contribution in [2.75, 3.05) is 23.4 Å². The van der Waals surface area contributed by atoms with E-state index in [0.717, 1.165) is 12.0 Å². The first kappa shape index (κ1) is 26.7. The van der Waals surface area contributed by atoms with Crippen molar-refractivity contribution >= 4 is 69.2 Å². The molecule has 3 aromatic rings. The molecule has 0 unspecified atom stereocenters. The number of thioether (sulfide) groups is 1. The molecule has 6 nitrogen and oxygen atoms in total. The van der Waals surface area contributed by atoms with Crippen LogP contribution in [0.5, 0.6) is 11.5 Å². The molecular weight excluding hydrogens is 528 g/mol. The number of benzene rings is 3. The van der Waals surface area contributed by atoms with Gasteiger partial charge in [0.25, 0.3) is 11.8 Å². The minimum absolute atomic E-state index is 0.172. The second kappa shape index (κ2) is 12.3. The summed E-state index contributed by atoms with van der Waals surface area (Å²) >= 11 is 12.6. The number of ether oxygens (including phenoxy) is 2. The number of nitrogens with zero attached hydrogens (tertiary/aromatic N) is 1. The molecule has 3 aromatic carbocycles. The monoisotopic (exact) mass is 552 g/mol. The molecule has 37 heavy (non-hydrogen) atoms. The molecule has 1 aliphatic heterocycles. The highest BCUT2D eigenvalue weighted by atomic mass is 35.5. The largest absolute Gasteiger partial charge is 0.490 e. The fraction of sp³-hybridized carbons (Fsp3) is 0.179. The number of carbonyl (C=O) groups excluding carboxylic acids is 2. The molecule has 2 amide bonds. The van der Waals surface area contributed by atoms with Gasteiger partial charge < -0.3 is 14.8 Å². The Morgan fingerprint density at radius 3 is 2.43 bits per heavy atom. The first-order valence-corrected chi connectivity index (χ1v) is 13.3. The van der Waals surface area contributed by atoms with Gasteiger partial charge in [-0.1, -0.05) is 60.7 Å². The lowest BCUT2D eigenvalue weighted by Gasteiger charge is -2.14. The Morgan fingerprint density at radius 2 is 1.76 bits per heavy atom. The molecule has 0 saturated carbocycles. The molecule has 0 radical (unpaired) electrons. The van der Waals surface area contributed by atoms with Gasteiger partial charge in [0.15, 0.2) is 22.4 Å². The van der Waals surface area contributed by atoms with Crippen LogP contribution in [-0.4, -0.2) is 29.3 Å². The number of anilines is 2. The Bertz CT molecular complexity index is 1340. The molecule has 0 aliphatic carbocycles. The first-order valence-electron chi connectivity index (χ1n) is 11.7. The van der Waals surface area contributed by atoms with E-state index in [1.165, 1.54) is 22.2 Å². The molecule has 0 bridgehead atoms. The van der Waals surface area contributed by atoms with Gasteiger partial charge in [0.05, 0.1) is 17.2 Å². The van der Waals surface area contributed by atoms with Gasteiger partial charge in [0.2, 0.25) is 0 Å². The van der Waals surface area contributed by atoms with Crippen molar-refractivity contribution in [1.29, 1.82) is 0 Å². The van der Waals surface area contributed by atoms with Crippen molar-refractivity contribution in [3.8, 4) is 11.5 Å². The van der Waals surface area contributed by atoms with Crippen molar-refractivity contribution in [3.63, 3.8) is 0 Å². The fourth-order valence-corrected chi connectivity index (χ4v) is 5.02. The van der Waals surface area contributed by atoms with Gasteiger partial charge in [-0.3, -0.25) is 14.5 Å². The first-order chi connectivity index (χ1) is 17.9. The van der Waals surface area contributed by atoms with Crippen LogP contribution < -0.4 is 19.7 Å². The second-order valence-electron chi connectivity index (χ2n) is 8.02. The Balaban J connectivity index is 1.45. The number of carbonyl (C=O) groups is 2. The van der Waals surface area contributed by atoms with Crippen LogP contribution in [0.4, 0.5) is 11.4 Å². The SMILES string of the molecule is CCOc1cc(/C=C2\SC(=S)N(c3ccc(Cl)cc3)C2=O)ccc1OCC(=O)Nc1ccc(CC)cc1. The standard InChI is InChI=1S/C28H25ClN2O4S2/c1-3-18-5-10-21(11-6-18)30-26(32)17-35-23-14-7-19(15-24(23)34-4-2)16-25-27(33)31(28(36)37-25)22-12-8-20(29)9-13-22/h5-16H,3-4,17H2,1-2H3,(H,30,32)/b25-16-. The summed E-state index contributed by atoms with van der Waals surface area (Å²) in [6.45, 7) is 4.18. The highest BCUT2D eigenvalue weighted by molar-refractivity contribution is 8.27. The lowest BCUT2D eigenvalue weighted by molar-refractivity contribution is -0.118. The molecule has 0 spiro atoms. The van der Waals surface area contributed by atoms with Crippen LogP contribution in [0.3, 0.4) is 0 Å². The summed E-state index contributed by atoms with van der Waals surface area (Å²) in [5.74, 6) is 0.426. The van der Waals surface area contributed by atoms with Crippen LogP contribution in [0.25, 0.3) is 6.08 Å². The topological polar surface area (TPSA) is 67.9 Å². The highest BCUT2D eigenvalue weighted by Crippen LogP contribution is 2.37. The summed E-state index contributed by atoms with van der Waals surface area (Å²) in [5, 5.41) is 3.41. The Kier molecular flexibility index (Phi) is 8.87. The average Bonchev–Trinajstić information content (AvgIpc) is 3.17. The number of thiocarbonyl (C=S) groups is 1. The zero-order valence-electron chi connectivity index (χ0n) is 20.3. The van der Waals surface area contributed by atoms with E-state index in [9.17, 15) is 9.59 Å². The van der Waals surface area contributed by atoms with E-state index >= 15 is 0 Å². The van der Waals surface area contributed by atoms with Crippen LogP contribution in [0.1, 0.15) is 25.0 Å². The predicted octanol–water partition coefficient (Wildman–Crippen LogP) is 6.72. The molecule has 0 atom stereocenters. The molecule has 1 N–H and O–H groups in total. The second-order valence-corrected chi connectivity index (χ2v) is 10.1. The van der Waals surface area contributed by atoms with E-state index in [0.29, 0.717) is 43.7 Å². The molecule has 1 heterocycles. The Labute approximate surface area is 230 Å². The molecule has 0 aromatic heterocycles. The molecule has 4 rings (SSSR count). The molecule has 190 valence electrons. The summed E-state index contributed by atoms with van der Waals surface area (Å²) < 4.78 is 11.9. The number of aryl methyl sites for hydroxylation is 1. The Hall–Kier alpha value is -3.33. The zero-order chi connectivity index (χ0) is 26.4. The normalized spacial score (nSPS) is 14.2. The highest BCUT2D eigenvalue weighted by Gasteiger charge is 2.33. The number of amides is 2. The third-order valence-electron chi connectivity index (χ3n) is 5.45. The lowest BCUT2D eigenvalue weighted by atomic mass is 10.1.